The van der Waals surface area contributed by atoms with E-state index in [9.17, 15) is 0 Å². The molecule has 0 aliphatic carbocycles. The highest BCUT2D eigenvalue weighted by Gasteiger charge is 2.05. The van der Waals surface area contributed by atoms with Crippen molar-refractivity contribution in [3.63, 3.8) is 0 Å². The Labute approximate surface area is 98.0 Å². The normalized spacial score (nSPS) is 11.0. The van der Waals surface area contributed by atoms with Gasteiger partial charge in [0, 0.05) is 32.5 Å². The minimum absolute atomic E-state index is 0.856. The summed E-state index contributed by atoms with van der Waals surface area (Å²) in [5.74, 6) is 1.08. The topological polar surface area (TPSA) is 33.1 Å². The molecule has 0 saturated heterocycles. The van der Waals surface area contributed by atoms with Gasteiger partial charge >= 0.3 is 0 Å². The molecule has 16 heavy (non-hydrogen) atoms. The highest BCUT2D eigenvalue weighted by Crippen LogP contribution is 2.01. The van der Waals surface area contributed by atoms with Crippen LogP contribution >= 0.6 is 0 Å². The maximum Gasteiger partial charge on any atom is 0.122 e. The number of rotatable bonds is 7. The Hall–Kier alpha value is -1.13. The number of aromatic nitrogens is 2. The first-order valence-corrected chi connectivity index (χ1v) is 5.65. The molecule has 0 saturated carbocycles. The molecule has 0 aliphatic heterocycles. The van der Waals surface area contributed by atoms with Crippen LogP contribution < -0.4 is 5.32 Å². The van der Waals surface area contributed by atoms with E-state index in [4.69, 9.17) is 0 Å². The molecule has 4 nitrogen and oxygen atoms in total. The van der Waals surface area contributed by atoms with E-state index in [-0.39, 0.29) is 0 Å². The van der Waals surface area contributed by atoms with Crippen LogP contribution in [0.1, 0.15) is 12.7 Å². The van der Waals surface area contributed by atoms with Crippen molar-refractivity contribution in [2.24, 2.45) is 7.05 Å². The van der Waals surface area contributed by atoms with Gasteiger partial charge in [-0.3, -0.25) is 4.90 Å². The number of hydrogen-bond donors (Lipinski definition) is 1. The van der Waals surface area contributed by atoms with Crippen LogP contribution in [0, 0.1) is 0 Å². The van der Waals surface area contributed by atoms with E-state index in [1.807, 2.05) is 24.0 Å². The summed E-state index contributed by atoms with van der Waals surface area (Å²) in [6.45, 7) is 9.79. The van der Waals surface area contributed by atoms with Gasteiger partial charge < -0.3 is 9.88 Å². The van der Waals surface area contributed by atoms with Crippen molar-refractivity contribution in [3.8, 4) is 0 Å². The lowest BCUT2D eigenvalue weighted by Gasteiger charge is -2.17. The predicted octanol–water partition coefficient (Wildman–Crippen LogP) is 1.02. The van der Waals surface area contributed by atoms with Crippen LogP contribution in [0.5, 0.6) is 0 Å². The number of hydrogen-bond acceptors (Lipinski definition) is 3. The van der Waals surface area contributed by atoms with E-state index >= 15 is 0 Å². The fourth-order valence-electron chi connectivity index (χ4n) is 1.59. The van der Waals surface area contributed by atoms with Crippen LogP contribution in [0.2, 0.25) is 0 Å². The second-order valence-corrected chi connectivity index (χ2v) is 4.16. The molecule has 0 unspecified atom stereocenters. The minimum atomic E-state index is 0.856. The van der Waals surface area contributed by atoms with E-state index in [0.717, 1.165) is 32.0 Å². The zero-order valence-electron chi connectivity index (χ0n) is 10.5. The van der Waals surface area contributed by atoms with Crippen LogP contribution in [0.3, 0.4) is 0 Å². The molecular formula is C12H22N4. The van der Waals surface area contributed by atoms with Crippen LogP contribution in [0.15, 0.2) is 24.5 Å². The molecule has 0 spiro atoms. The number of nitrogens with zero attached hydrogens (tertiary/aromatic N) is 3. The van der Waals surface area contributed by atoms with E-state index in [2.05, 4.69) is 35.8 Å². The maximum atomic E-state index is 4.30. The molecular weight excluding hydrogens is 200 g/mol. The van der Waals surface area contributed by atoms with Gasteiger partial charge in [0.15, 0.2) is 0 Å². The molecule has 0 radical (unpaired) electrons. The first kappa shape index (κ1) is 12.9. The summed E-state index contributed by atoms with van der Waals surface area (Å²) in [5.41, 5.74) is 1.21. The summed E-state index contributed by atoms with van der Waals surface area (Å²) in [5, 5.41) is 3.28. The second kappa shape index (κ2) is 6.45. The van der Waals surface area contributed by atoms with Crippen molar-refractivity contribution in [2.45, 2.75) is 13.5 Å². The second-order valence-electron chi connectivity index (χ2n) is 4.16. The average Bonchev–Trinajstić information content (AvgIpc) is 2.61. The van der Waals surface area contributed by atoms with Crippen molar-refractivity contribution >= 4 is 0 Å². The van der Waals surface area contributed by atoms with Crippen LogP contribution in [-0.2, 0) is 13.6 Å². The summed E-state index contributed by atoms with van der Waals surface area (Å²) in [4.78, 5) is 6.53. The van der Waals surface area contributed by atoms with Crippen LogP contribution in [0.25, 0.3) is 0 Å². The molecule has 0 aliphatic rings. The van der Waals surface area contributed by atoms with Gasteiger partial charge in [-0.1, -0.05) is 13.5 Å². The third kappa shape index (κ3) is 4.16. The van der Waals surface area contributed by atoms with Crippen molar-refractivity contribution in [1.29, 1.82) is 0 Å². The van der Waals surface area contributed by atoms with E-state index < -0.39 is 0 Å². The first-order valence-electron chi connectivity index (χ1n) is 5.65. The lowest BCUT2D eigenvalue weighted by molar-refractivity contribution is 0.338. The number of nitrogens with one attached hydrogen (secondary N) is 1. The summed E-state index contributed by atoms with van der Waals surface area (Å²) >= 11 is 0. The quantitative estimate of drug-likeness (QED) is 0.699. The summed E-state index contributed by atoms with van der Waals surface area (Å²) in [6.07, 6.45) is 3.80. The van der Waals surface area contributed by atoms with Gasteiger partial charge in [-0.2, -0.15) is 0 Å². The Kier molecular flexibility index (Phi) is 5.22. The highest BCUT2D eigenvalue weighted by molar-refractivity contribution is 5.00. The fourth-order valence-corrected chi connectivity index (χ4v) is 1.59. The monoisotopic (exact) mass is 222 g/mol. The maximum absolute atomic E-state index is 4.30. The van der Waals surface area contributed by atoms with Gasteiger partial charge in [-0.15, -0.1) is 0 Å². The van der Waals surface area contributed by atoms with Crippen molar-refractivity contribution in [1.82, 2.24) is 19.8 Å². The lowest BCUT2D eigenvalue weighted by atomic mass is 10.3. The fraction of sp³-hybridized carbons (Fsp3) is 0.583. The largest absolute Gasteiger partial charge is 0.337 e. The zero-order chi connectivity index (χ0) is 12.0. The molecule has 0 bridgehead atoms. The van der Waals surface area contributed by atoms with E-state index in [1.165, 1.54) is 5.57 Å². The molecule has 0 amide bonds. The van der Waals surface area contributed by atoms with Crippen LogP contribution in [-0.4, -0.2) is 41.1 Å². The Balaban J connectivity index is 2.33. The Morgan fingerprint density at radius 1 is 1.62 bits per heavy atom. The van der Waals surface area contributed by atoms with Gasteiger partial charge in [0.25, 0.3) is 0 Å². The summed E-state index contributed by atoms with van der Waals surface area (Å²) in [6, 6.07) is 0. The molecule has 0 atom stereocenters. The predicted molar refractivity (Wildman–Crippen MR) is 67.2 cm³/mol. The smallest absolute Gasteiger partial charge is 0.122 e. The Bertz CT molecular complexity index is 330. The minimum Gasteiger partial charge on any atom is -0.337 e. The standard InChI is InChI=1S/C12H22N4/c1-5-13-8-11(2)9-15(3)10-12-14-6-7-16(12)4/h6-7,13H,2,5,8-10H2,1,3-4H3. The van der Waals surface area contributed by atoms with E-state index in [1.54, 1.807) is 0 Å². The SMILES string of the molecule is C=C(CNCC)CN(C)Cc1nccn1C. The van der Waals surface area contributed by atoms with Crippen molar-refractivity contribution in [2.75, 3.05) is 26.7 Å². The number of imidazole rings is 1. The molecule has 1 rings (SSSR count). The van der Waals surface area contributed by atoms with Crippen molar-refractivity contribution in [3.05, 3.63) is 30.4 Å². The average molecular weight is 222 g/mol. The first-order chi connectivity index (χ1) is 7.63. The Morgan fingerprint density at radius 2 is 2.38 bits per heavy atom. The zero-order valence-corrected chi connectivity index (χ0v) is 10.5. The van der Waals surface area contributed by atoms with Gasteiger partial charge in [-0.05, 0) is 19.2 Å². The highest BCUT2D eigenvalue weighted by atomic mass is 15.1. The number of aryl methyl sites for hydroxylation is 1. The Morgan fingerprint density at radius 3 is 2.94 bits per heavy atom. The molecule has 1 aromatic rings. The molecule has 1 aromatic heterocycles. The van der Waals surface area contributed by atoms with Gasteiger partial charge in [0.1, 0.15) is 5.82 Å². The molecule has 0 fully saturated rings. The molecule has 90 valence electrons. The van der Waals surface area contributed by atoms with Crippen molar-refractivity contribution < 1.29 is 0 Å². The summed E-state index contributed by atoms with van der Waals surface area (Å²) in [7, 11) is 4.11. The molecule has 4 heteroatoms. The van der Waals surface area contributed by atoms with Gasteiger partial charge in [0.2, 0.25) is 0 Å². The number of likely N-dealkylation sites (N-methyl/N-ethyl adjacent to an activating group) is 2. The summed E-state index contributed by atoms with van der Waals surface area (Å²) < 4.78 is 2.05. The lowest BCUT2D eigenvalue weighted by Crippen LogP contribution is -2.26. The molecule has 1 heterocycles. The van der Waals surface area contributed by atoms with Gasteiger partial charge in [0.05, 0.1) is 6.54 Å². The van der Waals surface area contributed by atoms with Crippen LogP contribution in [0.4, 0.5) is 0 Å². The van der Waals surface area contributed by atoms with E-state index in [0.29, 0.717) is 0 Å². The van der Waals surface area contributed by atoms with Gasteiger partial charge in [-0.25, -0.2) is 4.98 Å². The third-order valence-corrected chi connectivity index (χ3v) is 2.45. The molecule has 0 aromatic carbocycles. The molecule has 1 N–H and O–H groups in total. The third-order valence-electron chi connectivity index (χ3n) is 2.45.